The largest absolute Gasteiger partial charge is 0.477 e. The maximum absolute atomic E-state index is 9.86. The van der Waals surface area contributed by atoms with E-state index in [0.717, 1.165) is 11.5 Å². The first-order valence-electron chi connectivity index (χ1n) is 3.06. The highest BCUT2D eigenvalue weighted by Gasteiger charge is 2.01. The van der Waals surface area contributed by atoms with Gasteiger partial charge in [-0.3, -0.25) is 4.79 Å². The molecule has 0 aliphatic heterocycles. The standard InChI is InChI=1S/C6H7NO3S/c1-2-9-5-3-6(10-4-8)11-7-5/h3-4H,2H2,1H3. The van der Waals surface area contributed by atoms with Gasteiger partial charge in [-0.05, 0) is 6.92 Å². The third-order valence-corrected chi connectivity index (χ3v) is 1.59. The zero-order chi connectivity index (χ0) is 8.10. The highest BCUT2D eigenvalue weighted by atomic mass is 32.1. The fraction of sp³-hybridized carbons (Fsp3) is 0.333. The highest BCUT2D eigenvalue weighted by Crippen LogP contribution is 2.23. The van der Waals surface area contributed by atoms with E-state index in [0.29, 0.717) is 24.0 Å². The van der Waals surface area contributed by atoms with Crippen LogP contribution in [-0.2, 0) is 4.79 Å². The quantitative estimate of drug-likeness (QED) is 0.639. The molecule has 0 fully saturated rings. The first-order chi connectivity index (χ1) is 5.36. The van der Waals surface area contributed by atoms with Gasteiger partial charge >= 0.3 is 0 Å². The first-order valence-corrected chi connectivity index (χ1v) is 3.84. The SMILES string of the molecule is CCOc1cc(OC=O)sn1. The second-order valence-electron chi connectivity index (χ2n) is 1.63. The minimum absolute atomic E-state index is 0.364. The lowest BCUT2D eigenvalue weighted by atomic mass is 10.7. The number of carbonyl (C=O) groups excluding carboxylic acids is 1. The number of hydrogen-bond donors (Lipinski definition) is 0. The molecule has 60 valence electrons. The molecule has 1 aromatic rings. The molecule has 0 atom stereocenters. The lowest BCUT2D eigenvalue weighted by Crippen LogP contribution is -1.90. The van der Waals surface area contributed by atoms with Crippen LogP contribution in [-0.4, -0.2) is 17.5 Å². The highest BCUT2D eigenvalue weighted by molar-refractivity contribution is 7.07. The summed E-state index contributed by atoms with van der Waals surface area (Å²) in [6, 6.07) is 1.57. The van der Waals surface area contributed by atoms with Crippen molar-refractivity contribution >= 4 is 18.0 Å². The monoisotopic (exact) mass is 173 g/mol. The van der Waals surface area contributed by atoms with E-state index in [1.807, 2.05) is 6.92 Å². The van der Waals surface area contributed by atoms with Gasteiger partial charge in [-0.1, -0.05) is 0 Å². The van der Waals surface area contributed by atoms with Gasteiger partial charge in [0.25, 0.3) is 6.47 Å². The van der Waals surface area contributed by atoms with Gasteiger partial charge in [0, 0.05) is 11.5 Å². The minimum Gasteiger partial charge on any atom is -0.477 e. The van der Waals surface area contributed by atoms with Gasteiger partial charge in [0.1, 0.15) is 0 Å². The van der Waals surface area contributed by atoms with Crippen LogP contribution in [0.2, 0.25) is 0 Å². The van der Waals surface area contributed by atoms with Crippen molar-refractivity contribution in [1.29, 1.82) is 0 Å². The molecule has 4 nitrogen and oxygen atoms in total. The third-order valence-electron chi connectivity index (χ3n) is 0.923. The summed E-state index contributed by atoms with van der Waals surface area (Å²) in [5.41, 5.74) is 0. The summed E-state index contributed by atoms with van der Waals surface area (Å²) in [6.07, 6.45) is 0. The second-order valence-corrected chi connectivity index (χ2v) is 2.40. The van der Waals surface area contributed by atoms with E-state index in [1.165, 1.54) is 0 Å². The van der Waals surface area contributed by atoms with E-state index < -0.39 is 0 Å². The Morgan fingerprint density at radius 3 is 3.27 bits per heavy atom. The maximum Gasteiger partial charge on any atom is 0.299 e. The summed E-state index contributed by atoms with van der Waals surface area (Å²) >= 11 is 1.09. The van der Waals surface area contributed by atoms with Crippen molar-refractivity contribution in [3.63, 3.8) is 0 Å². The predicted octanol–water partition coefficient (Wildman–Crippen LogP) is 1.08. The normalized spacial score (nSPS) is 9.18. The molecule has 1 aromatic heterocycles. The van der Waals surface area contributed by atoms with Gasteiger partial charge in [0.2, 0.25) is 10.9 Å². The molecule has 0 saturated heterocycles. The van der Waals surface area contributed by atoms with Crippen LogP contribution in [0.5, 0.6) is 10.9 Å². The Hall–Kier alpha value is -1.10. The Balaban J connectivity index is 2.57. The van der Waals surface area contributed by atoms with Crippen LogP contribution in [0.1, 0.15) is 6.92 Å². The molecular formula is C6H7NO3S. The Labute approximate surface area is 67.9 Å². The molecule has 0 saturated carbocycles. The van der Waals surface area contributed by atoms with Crippen LogP contribution in [0.4, 0.5) is 0 Å². The van der Waals surface area contributed by atoms with E-state index in [-0.39, 0.29) is 0 Å². The molecule has 11 heavy (non-hydrogen) atoms. The van der Waals surface area contributed by atoms with E-state index in [1.54, 1.807) is 6.07 Å². The van der Waals surface area contributed by atoms with Crippen LogP contribution in [0.15, 0.2) is 6.07 Å². The molecule has 0 spiro atoms. The van der Waals surface area contributed by atoms with Crippen molar-refractivity contribution < 1.29 is 14.3 Å². The molecular weight excluding hydrogens is 166 g/mol. The van der Waals surface area contributed by atoms with Crippen molar-refractivity contribution in [2.24, 2.45) is 0 Å². The second kappa shape index (κ2) is 3.92. The number of rotatable bonds is 4. The van der Waals surface area contributed by atoms with Gasteiger partial charge in [-0.15, -0.1) is 0 Å². The van der Waals surface area contributed by atoms with Crippen LogP contribution in [0.3, 0.4) is 0 Å². The lowest BCUT2D eigenvalue weighted by Gasteiger charge is -1.92. The van der Waals surface area contributed by atoms with Crippen LogP contribution >= 0.6 is 11.5 Å². The van der Waals surface area contributed by atoms with E-state index in [2.05, 4.69) is 9.11 Å². The lowest BCUT2D eigenvalue weighted by molar-refractivity contribution is -0.120. The zero-order valence-electron chi connectivity index (χ0n) is 5.94. The summed E-state index contributed by atoms with van der Waals surface area (Å²) in [5.74, 6) is 0.495. The van der Waals surface area contributed by atoms with E-state index >= 15 is 0 Å². The maximum atomic E-state index is 9.86. The molecule has 0 aromatic carbocycles. The third kappa shape index (κ3) is 2.19. The number of nitrogens with zero attached hydrogens (tertiary/aromatic N) is 1. The smallest absolute Gasteiger partial charge is 0.299 e. The van der Waals surface area contributed by atoms with Crippen LogP contribution in [0, 0.1) is 0 Å². The summed E-state index contributed by atoms with van der Waals surface area (Å²) in [7, 11) is 0. The fourth-order valence-corrected chi connectivity index (χ4v) is 1.08. The predicted molar refractivity (Wildman–Crippen MR) is 40.0 cm³/mol. The molecule has 0 bridgehead atoms. The Morgan fingerprint density at radius 1 is 1.82 bits per heavy atom. The van der Waals surface area contributed by atoms with Crippen molar-refractivity contribution in [2.45, 2.75) is 6.92 Å². The summed E-state index contributed by atoms with van der Waals surface area (Å²) in [6.45, 7) is 2.78. The van der Waals surface area contributed by atoms with E-state index in [9.17, 15) is 4.79 Å². The first kappa shape index (κ1) is 8.00. The number of aromatic nitrogens is 1. The topological polar surface area (TPSA) is 48.4 Å². The molecule has 1 heterocycles. The number of carbonyl (C=O) groups is 1. The van der Waals surface area contributed by atoms with Crippen molar-refractivity contribution in [1.82, 2.24) is 4.37 Å². The zero-order valence-corrected chi connectivity index (χ0v) is 6.76. The van der Waals surface area contributed by atoms with E-state index in [4.69, 9.17) is 4.74 Å². The summed E-state index contributed by atoms with van der Waals surface area (Å²) in [5, 5.41) is 0.448. The Morgan fingerprint density at radius 2 is 2.64 bits per heavy atom. The van der Waals surface area contributed by atoms with Crippen molar-refractivity contribution in [2.75, 3.05) is 6.61 Å². The average Bonchev–Trinajstić information content (AvgIpc) is 2.38. The van der Waals surface area contributed by atoms with Gasteiger partial charge < -0.3 is 9.47 Å². The Bertz CT molecular complexity index is 235. The van der Waals surface area contributed by atoms with Crippen molar-refractivity contribution in [3.05, 3.63) is 6.07 Å². The molecule has 0 aliphatic rings. The van der Waals surface area contributed by atoms with Gasteiger partial charge in [0.15, 0.2) is 0 Å². The van der Waals surface area contributed by atoms with Crippen LogP contribution < -0.4 is 9.47 Å². The number of ether oxygens (including phenoxy) is 2. The van der Waals surface area contributed by atoms with Gasteiger partial charge in [-0.2, -0.15) is 4.37 Å². The van der Waals surface area contributed by atoms with Crippen LogP contribution in [0.25, 0.3) is 0 Å². The molecule has 0 amide bonds. The molecule has 0 aliphatic carbocycles. The number of hydrogen-bond acceptors (Lipinski definition) is 5. The molecule has 0 N–H and O–H groups in total. The molecule has 0 radical (unpaired) electrons. The molecule has 1 rings (SSSR count). The summed E-state index contributed by atoms with van der Waals surface area (Å²) < 4.78 is 13.4. The Kier molecular flexibility index (Phi) is 2.85. The fourth-order valence-electron chi connectivity index (χ4n) is 0.562. The summed E-state index contributed by atoms with van der Waals surface area (Å²) in [4.78, 5) is 9.86. The van der Waals surface area contributed by atoms with Gasteiger partial charge in [-0.25, -0.2) is 0 Å². The van der Waals surface area contributed by atoms with Crippen molar-refractivity contribution in [3.8, 4) is 10.9 Å². The average molecular weight is 173 g/mol. The minimum atomic E-state index is 0.364. The molecule has 0 unspecified atom stereocenters. The molecule has 5 heteroatoms. The van der Waals surface area contributed by atoms with Gasteiger partial charge in [0.05, 0.1) is 12.7 Å².